The largest absolute Gasteiger partial charge is 0.494 e. The van der Waals surface area contributed by atoms with Gasteiger partial charge in [-0.2, -0.15) is 0 Å². The highest BCUT2D eigenvalue weighted by atomic mass is 16.5. The molecule has 0 aliphatic carbocycles. The Morgan fingerprint density at radius 1 is 1.04 bits per heavy atom. The molecular weight excluding hydrogens is 360 g/mol. The van der Waals surface area contributed by atoms with Crippen LogP contribution in [0.15, 0.2) is 54.6 Å². The monoisotopic (exact) mass is 384 g/mol. The number of ether oxygens (including phenoxy) is 1. The van der Waals surface area contributed by atoms with E-state index in [0.717, 1.165) is 5.56 Å². The van der Waals surface area contributed by atoms with Gasteiger partial charge < -0.3 is 20.1 Å². The maximum Gasteiger partial charge on any atom is 0.323 e. The molecule has 0 aromatic heterocycles. The number of hydrogen-bond acceptors (Lipinski definition) is 4. The van der Waals surface area contributed by atoms with Crippen molar-refractivity contribution in [3.63, 3.8) is 0 Å². The van der Waals surface area contributed by atoms with Crippen LogP contribution in [-0.2, 0) is 16.0 Å². The minimum atomic E-state index is -1.10. The van der Waals surface area contributed by atoms with Crippen LogP contribution in [0, 0.1) is 0 Å². The van der Waals surface area contributed by atoms with Gasteiger partial charge in [0.05, 0.1) is 13.2 Å². The standard InChI is InChI=1S/C21H24N2O5/c1-2-28-18-10-8-17(9-11-18)21(27)22-14-19(24)23(15-20(25)26)13-12-16-6-4-3-5-7-16/h3-11H,2,12-15H2,1H3,(H,22,27)(H,25,26). The molecule has 0 aliphatic rings. The van der Waals surface area contributed by atoms with E-state index in [2.05, 4.69) is 5.32 Å². The highest BCUT2D eigenvalue weighted by Gasteiger charge is 2.18. The summed E-state index contributed by atoms with van der Waals surface area (Å²) in [5.41, 5.74) is 1.40. The first-order valence-corrected chi connectivity index (χ1v) is 9.04. The zero-order valence-electron chi connectivity index (χ0n) is 15.8. The first-order chi connectivity index (χ1) is 13.5. The van der Waals surface area contributed by atoms with Gasteiger partial charge in [-0.25, -0.2) is 0 Å². The van der Waals surface area contributed by atoms with Gasteiger partial charge in [0.25, 0.3) is 5.91 Å². The van der Waals surface area contributed by atoms with Crippen molar-refractivity contribution in [1.29, 1.82) is 0 Å². The Kier molecular flexibility index (Phi) is 8.02. The Labute approximate surface area is 163 Å². The number of carbonyl (C=O) groups is 3. The van der Waals surface area contributed by atoms with E-state index in [9.17, 15) is 14.4 Å². The lowest BCUT2D eigenvalue weighted by Gasteiger charge is -2.21. The minimum Gasteiger partial charge on any atom is -0.494 e. The van der Waals surface area contributed by atoms with Gasteiger partial charge in [0, 0.05) is 12.1 Å². The van der Waals surface area contributed by atoms with Crippen molar-refractivity contribution in [2.24, 2.45) is 0 Å². The second-order valence-electron chi connectivity index (χ2n) is 6.08. The molecule has 2 rings (SSSR count). The van der Waals surface area contributed by atoms with Crippen LogP contribution >= 0.6 is 0 Å². The fraction of sp³-hybridized carbons (Fsp3) is 0.286. The second-order valence-corrected chi connectivity index (χ2v) is 6.08. The number of hydrogen-bond donors (Lipinski definition) is 2. The SMILES string of the molecule is CCOc1ccc(C(=O)NCC(=O)N(CCc2ccccc2)CC(=O)O)cc1. The topological polar surface area (TPSA) is 95.9 Å². The van der Waals surface area contributed by atoms with Crippen LogP contribution in [0.2, 0.25) is 0 Å². The second kappa shape index (κ2) is 10.7. The smallest absolute Gasteiger partial charge is 0.323 e. The van der Waals surface area contributed by atoms with Gasteiger partial charge in [-0.1, -0.05) is 30.3 Å². The number of carbonyl (C=O) groups excluding carboxylic acids is 2. The molecule has 2 aromatic rings. The van der Waals surface area contributed by atoms with E-state index in [-0.39, 0.29) is 13.1 Å². The number of carboxylic acid groups (broad SMARTS) is 1. The molecular formula is C21H24N2O5. The molecule has 7 heteroatoms. The van der Waals surface area contributed by atoms with Crippen molar-refractivity contribution in [1.82, 2.24) is 10.2 Å². The van der Waals surface area contributed by atoms with Crippen LogP contribution < -0.4 is 10.1 Å². The average Bonchev–Trinajstić information content (AvgIpc) is 2.70. The first kappa shape index (κ1) is 21.0. The summed E-state index contributed by atoms with van der Waals surface area (Å²) >= 11 is 0. The van der Waals surface area contributed by atoms with Gasteiger partial charge in [-0.15, -0.1) is 0 Å². The number of benzene rings is 2. The molecule has 2 N–H and O–H groups in total. The van der Waals surface area contributed by atoms with E-state index in [0.29, 0.717) is 24.3 Å². The molecule has 0 aliphatic heterocycles. The summed E-state index contributed by atoms with van der Waals surface area (Å²) in [5.74, 6) is -1.30. The Hall–Kier alpha value is -3.35. The van der Waals surface area contributed by atoms with E-state index in [1.165, 1.54) is 4.90 Å². The third-order valence-electron chi connectivity index (χ3n) is 4.02. The molecule has 0 atom stereocenters. The molecule has 148 valence electrons. The van der Waals surface area contributed by atoms with Crippen molar-refractivity contribution >= 4 is 17.8 Å². The molecule has 2 aromatic carbocycles. The first-order valence-electron chi connectivity index (χ1n) is 9.04. The number of carboxylic acids is 1. The molecule has 0 spiro atoms. The van der Waals surface area contributed by atoms with E-state index in [4.69, 9.17) is 9.84 Å². The van der Waals surface area contributed by atoms with Crippen LogP contribution in [0.25, 0.3) is 0 Å². The normalized spacial score (nSPS) is 10.2. The van der Waals surface area contributed by atoms with Crippen LogP contribution in [0.4, 0.5) is 0 Å². The predicted molar refractivity (Wildman–Crippen MR) is 104 cm³/mol. The number of nitrogens with zero attached hydrogens (tertiary/aromatic N) is 1. The Balaban J connectivity index is 1.90. The van der Waals surface area contributed by atoms with E-state index >= 15 is 0 Å². The lowest BCUT2D eigenvalue weighted by atomic mass is 10.1. The molecule has 0 fully saturated rings. The maximum absolute atomic E-state index is 12.4. The summed E-state index contributed by atoms with van der Waals surface area (Å²) in [4.78, 5) is 36.9. The third-order valence-corrected chi connectivity index (χ3v) is 4.02. The molecule has 28 heavy (non-hydrogen) atoms. The van der Waals surface area contributed by atoms with E-state index < -0.39 is 24.3 Å². The Bertz CT molecular complexity index is 790. The lowest BCUT2D eigenvalue weighted by molar-refractivity contribution is -0.144. The quantitative estimate of drug-likeness (QED) is 0.653. The molecule has 0 saturated carbocycles. The van der Waals surface area contributed by atoms with Crippen LogP contribution in [0.3, 0.4) is 0 Å². The Morgan fingerprint density at radius 2 is 1.71 bits per heavy atom. The summed E-state index contributed by atoms with van der Waals surface area (Å²) < 4.78 is 5.32. The zero-order valence-corrected chi connectivity index (χ0v) is 15.8. The number of amides is 2. The van der Waals surface area contributed by atoms with Crippen LogP contribution in [-0.4, -0.2) is 54.0 Å². The van der Waals surface area contributed by atoms with Crippen molar-refractivity contribution in [3.05, 3.63) is 65.7 Å². The van der Waals surface area contributed by atoms with Crippen molar-refractivity contribution in [3.8, 4) is 5.75 Å². The maximum atomic E-state index is 12.4. The molecule has 0 saturated heterocycles. The van der Waals surface area contributed by atoms with Crippen molar-refractivity contribution < 1.29 is 24.2 Å². The number of nitrogens with one attached hydrogen (secondary N) is 1. The van der Waals surface area contributed by atoms with Gasteiger partial charge in [-0.3, -0.25) is 14.4 Å². The third kappa shape index (κ3) is 6.75. The molecule has 0 unspecified atom stereocenters. The van der Waals surface area contributed by atoms with Crippen molar-refractivity contribution in [2.45, 2.75) is 13.3 Å². The minimum absolute atomic E-state index is 0.258. The van der Waals surface area contributed by atoms with Gasteiger partial charge in [0.1, 0.15) is 12.3 Å². The predicted octanol–water partition coefficient (Wildman–Crippen LogP) is 1.97. The molecule has 7 nitrogen and oxygen atoms in total. The molecule has 0 radical (unpaired) electrons. The number of aliphatic carboxylic acids is 1. The summed E-state index contributed by atoms with van der Waals surface area (Å²) in [6.45, 7) is 1.97. The van der Waals surface area contributed by atoms with E-state index in [1.54, 1.807) is 24.3 Å². The van der Waals surface area contributed by atoms with Crippen LogP contribution in [0.1, 0.15) is 22.8 Å². The summed E-state index contributed by atoms with van der Waals surface area (Å²) in [7, 11) is 0. The molecule has 0 heterocycles. The lowest BCUT2D eigenvalue weighted by Crippen LogP contribution is -2.43. The summed E-state index contributed by atoms with van der Waals surface area (Å²) in [6, 6.07) is 16.1. The highest BCUT2D eigenvalue weighted by Crippen LogP contribution is 2.12. The molecule has 2 amide bonds. The highest BCUT2D eigenvalue weighted by molar-refractivity contribution is 5.96. The van der Waals surface area contributed by atoms with Gasteiger partial charge in [0.15, 0.2) is 0 Å². The molecule has 0 bridgehead atoms. The summed E-state index contributed by atoms with van der Waals surface area (Å²) in [6.07, 6.45) is 0.534. The van der Waals surface area contributed by atoms with Gasteiger partial charge >= 0.3 is 5.97 Å². The Morgan fingerprint density at radius 3 is 2.32 bits per heavy atom. The fourth-order valence-corrected chi connectivity index (χ4v) is 2.60. The van der Waals surface area contributed by atoms with E-state index in [1.807, 2.05) is 37.3 Å². The fourth-order valence-electron chi connectivity index (χ4n) is 2.60. The average molecular weight is 384 g/mol. The van der Waals surface area contributed by atoms with Gasteiger partial charge in [0.2, 0.25) is 5.91 Å². The van der Waals surface area contributed by atoms with Gasteiger partial charge in [-0.05, 0) is 43.2 Å². The number of rotatable bonds is 10. The van der Waals surface area contributed by atoms with Crippen molar-refractivity contribution in [2.75, 3.05) is 26.2 Å². The zero-order chi connectivity index (χ0) is 20.4. The summed E-state index contributed by atoms with van der Waals surface area (Å²) in [5, 5.41) is 11.6. The van der Waals surface area contributed by atoms with Crippen LogP contribution in [0.5, 0.6) is 5.75 Å².